The topological polar surface area (TPSA) is 50.5 Å². The van der Waals surface area contributed by atoms with Crippen LogP contribution in [0.25, 0.3) is 0 Å². The van der Waals surface area contributed by atoms with E-state index in [1.54, 1.807) is 0 Å². The molecule has 2 aromatic heterocycles. The van der Waals surface area contributed by atoms with Crippen molar-refractivity contribution in [3.05, 3.63) is 169 Å². The van der Waals surface area contributed by atoms with Gasteiger partial charge in [-0.1, -0.05) is 97.1 Å². The van der Waals surface area contributed by atoms with Crippen molar-refractivity contribution in [1.82, 2.24) is 9.97 Å². The molecule has 0 aliphatic carbocycles. The molecule has 0 fully saturated rings. The monoisotopic (exact) mass is 636 g/mol. The first-order valence-electron chi connectivity index (χ1n) is 14.7. The van der Waals surface area contributed by atoms with E-state index >= 15 is 0 Å². The highest BCUT2D eigenvalue weighted by atomic mass is 32.6. The van der Waals surface area contributed by atoms with Gasteiger partial charge in [0.15, 0.2) is 0 Å². The number of hydrogen-bond acceptors (Lipinski definition) is 6. The van der Waals surface area contributed by atoms with E-state index in [-0.39, 0.29) is 0 Å². The number of para-hydroxylation sites is 2. The first kappa shape index (κ1) is 30.5. The molecule has 0 N–H and O–H groups in total. The number of aromatic nitrogens is 2. The summed E-state index contributed by atoms with van der Waals surface area (Å²) in [5, 5.41) is 2.62. The van der Waals surface area contributed by atoms with E-state index in [1.165, 1.54) is 10.4 Å². The van der Waals surface area contributed by atoms with E-state index in [9.17, 15) is 0 Å². The fraction of sp³-hybridized carbons (Fsp3) is 0.0526. The van der Waals surface area contributed by atoms with Gasteiger partial charge >= 0.3 is 0 Å². The lowest BCUT2D eigenvalue weighted by molar-refractivity contribution is 1.27. The van der Waals surface area contributed by atoms with Crippen LogP contribution in [0.4, 0.5) is 11.4 Å². The van der Waals surface area contributed by atoms with E-state index < -0.39 is 6.37 Å². The predicted octanol–water partition coefficient (Wildman–Crippen LogP) is 8.90. The molecule has 0 atom stereocenters. The third kappa shape index (κ3) is 7.23. The van der Waals surface area contributed by atoms with Gasteiger partial charge < -0.3 is 0 Å². The Hall–Kier alpha value is -4.56. The van der Waals surface area contributed by atoms with Crippen LogP contribution in [0.5, 0.6) is 0 Å². The zero-order chi connectivity index (χ0) is 30.9. The van der Waals surface area contributed by atoms with Gasteiger partial charge in [-0.05, 0) is 72.8 Å². The summed E-state index contributed by atoms with van der Waals surface area (Å²) in [6, 6.07) is 50.6. The summed E-state index contributed by atoms with van der Waals surface area (Å²) in [7, 11) is 0. The van der Waals surface area contributed by atoms with Crippen LogP contribution < -0.4 is 10.4 Å². The van der Waals surface area contributed by atoms with Crippen molar-refractivity contribution < 1.29 is 0 Å². The summed E-state index contributed by atoms with van der Waals surface area (Å²) in [6.45, 7) is 4.05. The molecule has 0 amide bonds. The molecule has 0 radical (unpaired) electrons. The molecule has 2 heterocycles. The van der Waals surface area contributed by atoms with Crippen molar-refractivity contribution in [2.24, 2.45) is 9.98 Å². The van der Waals surface area contributed by atoms with Gasteiger partial charge in [0.25, 0.3) is 0 Å². The first-order chi connectivity index (χ1) is 22.1. The van der Waals surface area contributed by atoms with Gasteiger partial charge in [0.1, 0.15) is 0 Å². The third-order valence-corrected chi connectivity index (χ3v) is 18.5. The van der Waals surface area contributed by atoms with Gasteiger partial charge in [0, 0.05) is 22.2 Å². The smallest absolute Gasteiger partial charge is 0.249 e. The van der Waals surface area contributed by atoms with Crippen molar-refractivity contribution in [3.63, 3.8) is 0 Å². The van der Waals surface area contributed by atoms with Crippen LogP contribution in [-0.2, 0) is 0 Å². The third-order valence-electron chi connectivity index (χ3n) is 7.19. The Labute approximate surface area is 273 Å². The second-order valence-electron chi connectivity index (χ2n) is 10.3. The maximum atomic E-state index is 5.12. The molecule has 0 aliphatic rings. The van der Waals surface area contributed by atoms with E-state index in [2.05, 4.69) is 119 Å². The summed E-state index contributed by atoms with van der Waals surface area (Å²) in [4.78, 5) is 21.6. The molecule has 6 rings (SSSR count). The lowest BCUT2D eigenvalue weighted by atomic mass is 10.2. The minimum Gasteiger partial charge on any atom is -0.255 e. The number of hydrogen-bond donors (Lipinski definition) is 0. The van der Waals surface area contributed by atoms with E-state index in [0.717, 1.165) is 44.0 Å². The SMILES string of the molecule is CC(=Nc1ccccc1S[Si](Sc1ccccc1N=C(C)c1ccccn1)(c1ccccc1)c1ccccc1)c1ccccn1. The summed E-state index contributed by atoms with van der Waals surface area (Å²) < 4.78 is 0. The molecule has 45 heavy (non-hydrogen) atoms. The summed E-state index contributed by atoms with van der Waals surface area (Å²) in [6.07, 6.45) is 0.930. The normalized spacial score (nSPS) is 12.2. The second kappa shape index (κ2) is 14.5. The largest absolute Gasteiger partial charge is 0.255 e. The Bertz CT molecular complexity index is 1770. The molecule has 4 nitrogen and oxygen atoms in total. The molecule has 7 heteroatoms. The van der Waals surface area contributed by atoms with Crippen LogP contribution in [-0.4, -0.2) is 27.8 Å². The number of aliphatic imine (C=N–C) groups is 2. The van der Waals surface area contributed by atoms with Crippen molar-refractivity contribution in [1.29, 1.82) is 0 Å². The Kier molecular flexibility index (Phi) is 9.80. The quantitative estimate of drug-likeness (QED) is 0.111. The van der Waals surface area contributed by atoms with Gasteiger partial charge in [0.05, 0.1) is 34.2 Å². The molecule has 0 saturated heterocycles. The van der Waals surface area contributed by atoms with Crippen molar-refractivity contribution in [2.75, 3.05) is 0 Å². The Morgan fingerprint density at radius 1 is 0.467 bits per heavy atom. The molecular weight excluding hydrogens is 605 g/mol. The van der Waals surface area contributed by atoms with Gasteiger partial charge in [-0.25, -0.2) is 0 Å². The zero-order valence-electron chi connectivity index (χ0n) is 25.1. The fourth-order valence-corrected chi connectivity index (χ4v) is 16.5. The number of rotatable bonds is 10. The average molecular weight is 637 g/mol. The van der Waals surface area contributed by atoms with Crippen LogP contribution in [0.15, 0.2) is 178 Å². The molecule has 6 aromatic rings. The maximum absolute atomic E-state index is 5.12. The van der Waals surface area contributed by atoms with Gasteiger partial charge in [-0.2, -0.15) is 0 Å². The van der Waals surface area contributed by atoms with Gasteiger partial charge in [0.2, 0.25) is 6.37 Å². The molecule has 0 spiro atoms. The molecule has 0 aliphatic heterocycles. The van der Waals surface area contributed by atoms with Crippen LogP contribution in [0.3, 0.4) is 0 Å². The lowest BCUT2D eigenvalue weighted by Crippen LogP contribution is -2.52. The summed E-state index contributed by atoms with van der Waals surface area (Å²) >= 11 is 3.88. The second-order valence-corrected chi connectivity index (χ2v) is 19.7. The molecule has 4 aromatic carbocycles. The summed E-state index contributed by atoms with van der Waals surface area (Å²) in [5.74, 6) is 0. The van der Waals surface area contributed by atoms with Crippen LogP contribution in [0.2, 0.25) is 0 Å². The zero-order valence-corrected chi connectivity index (χ0v) is 27.7. The van der Waals surface area contributed by atoms with E-state index in [1.807, 2.05) is 85.1 Å². The van der Waals surface area contributed by atoms with E-state index in [0.29, 0.717) is 0 Å². The Balaban J connectivity index is 1.51. The van der Waals surface area contributed by atoms with Crippen molar-refractivity contribution >= 4 is 62.0 Å². The lowest BCUT2D eigenvalue weighted by Gasteiger charge is -2.32. The molecule has 0 unspecified atom stereocenters. The highest BCUT2D eigenvalue weighted by Gasteiger charge is 2.41. The number of nitrogens with zero attached hydrogens (tertiary/aromatic N) is 4. The van der Waals surface area contributed by atoms with Crippen molar-refractivity contribution in [3.8, 4) is 0 Å². The van der Waals surface area contributed by atoms with Gasteiger partial charge in [-0.3, -0.25) is 20.0 Å². The highest BCUT2D eigenvalue weighted by molar-refractivity contribution is 8.61. The molecular formula is C38H32N4S2Si. The van der Waals surface area contributed by atoms with Crippen LogP contribution >= 0.6 is 22.4 Å². The number of benzene rings is 4. The van der Waals surface area contributed by atoms with E-state index in [4.69, 9.17) is 9.98 Å². The maximum Gasteiger partial charge on any atom is 0.249 e. The van der Waals surface area contributed by atoms with Gasteiger partial charge in [-0.15, -0.1) is 22.4 Å². The fourth-order valence-electron chi connectivity index (χ4n) is 4.95. The molecule has 0 saturated carbocycles. The minimum atomic E-state index is -2.69. The average Bonchev–Trinajstić information content (AvgIpc) is 3.11. The highest BCUT2D eigenvalue weighted by Crippen LogP contribution is 2.46. The minimum absolute atomic E-state index is 0.872. The van der Waals surface area contributed by atoms with Crippen LogP contribution in [0.1, 0.15) is 25.2 Å². The molecule has 0 bridgehead atoms. The van der Waals surface area contributed by atoms with Crippen molar-refractivity contribution in [2.45, 2.75) is 23.6 Å². The molecule has 220 valence electrons. The Morgan fingerprint density at radius 3 is 1.24 bits per heavy atom. The summed E-state index contributed by atoms with van der Waals surface area (Å²) in [5.41, 5.74) is 5.38. The van der Waals surface area contributed by atoms with Crippen LogP contribution in [0, 0.1) is 0 Å². The number of pyridine rings is 2. The standard InChI is InChI=1S/C38H32N4S2Si/c1-29(33-21-13-15-27-39-33)41-35-23-9-11-25-37(35)43-45(31-17-5-3-6-18-31,32-19-7-4-8-20-32)44-38-26-12-10-24-36(38)42-30(2)34-22-14-16-28-40-34/h3-28H,1-2H3. The first-order valence-corrected chi connectivity index (χ1v) is 19.8. The Morgan fingerprint density at radius 2 is 0.844 bits per heavy atom. The predicted molar refractivity (Wildman–Crippen MR) is 195 cm³/mol.